The third-order valence-electron chi connectivity index (χ3n) is 5.96. The number of aryl methyl sites for hydroxylation is 2. The van der Waals surface area contributed by atoms with Gasteiger partial charge in [-0.25, -0.2) is 9.59 Å². The third kappa shape index (κ3) is 7.34. The highest BCUT2D eigenvalue weighted by atomic mass is 16.5. The zero-order valence-corrected chi connectivity index (χ0v) is 21.3. The number of aliphatic imine (C=N–C) groups is 2. The van der Waals surface area contributed by atoms with Gasteiger partial charge in [-0.05, 0) is 83.6 Å². The van der Waals surface area contributed by atoms with Crippen molar-refractivity contribution in [1.82, 2.24) is 0 Å². The van der Waals surface area contributed by atoms with Gasteiger partial charge < -0.3 is 9.47 Å². The van der Waals surface area contributed by atoms with Gasteiger partial charge in [-0.2, -0.15) is 0 Å². The van der Waals surface area contributed by atoms with Crippen molar-refractivity contribution in [2.75, 3.05) is 14.2 Å². The number of nitrogens with zero attached hydrogens (tertiary/aromatic N) is 2. The highest BCUT2D eigenvalue weighted by molar-refractivity contribution is 5.91. The summed E-state index contributed by atoms with van der Waals surface area (Å²) in [6, 6.07) is 30.6. The van der Waals surface area contributed by atoms with Crippen molar-refractivity contribution in [2.45, 2.75) is 12.8 Å². The lowest BCUT2D eigenvalue weighted by atomic mass is 10.0. The predicted octanol–water partition coefficient (Wildman–Crippen LogP) is 6.55. The molecule has 0 bridgehead atoms. The average molecular weight is 505 g/mol. The zero-order chi connectivity index (χ0) is 26.7. The molecule has 0 saturated heterocycles. The van der Waals surface area contributed by atoms with Gasteiger partial charge in [-0.3, -0.25) is 9.98 Å². The maximum absolute atomic E-state index is 11.5. The lowest BCUT2D eigenvalue weighted by Gasteiger charge is -2.04. The number of hydrogen-bond acceptors (Lipinski definition) is 6. The monoisotopic (exact) mass is 504 g/mol. The van der Waals surface area contributed by atoms with Crippen LogP contribution in [0.3, 0.4) is 0 Å². The largest absolute Gasteiger partial charge is 0.465 e. The molecule has 4 aromatic carbocycles. The maximum atomic E-state index is 11.5. The quantitative estimate of drug-likeness (QED) is 0.191. The van der Waals surface area contributed by atoms with Gasteiger partial charge in [-0.15, -0.1) is 0 Å². The molecule has 6 heteroatoms. The number of carbonyl (C=O) groups excluding carboxylic acids is 2. The van der Waals surface area contributed by atoms with Crippen LogP contribution in [0.2, 0.25) is 0 Å². The second-order valence-corrected chi connectivity index (χ2v) is 8.58. The maximum Gasteiger partial charge on any atom is 0.337 e. The van der Waals surface area contributed by atoms with Gasteiger partial charge in [0.05, 0.1) is 36.7 Å². The first-order valence-electron chi connectivity index (χ1n) is 12.2. The van der Waals surface area contributed by atoms with Crippen molar-refractivity contribution in [3.63, 3.8) is 0 Å². The van der Waals surface area contributed by atoms with Gasteiger partial charge in [0.1, 0.15) is 0 Å². The van der Waals surface area contributed by atoms with Crippen LogP contribution in [-0.4, -0.2) is 38.6 Å². The molecule has 0 N–H and O–H groups in total. The van der Waals surface area contributed by atoms with Gasteiger partial charge >= 0.3 is 11.9 Å². The number of hydrogen-bond donors (Lipinski definition) is 0. The molecule has 0 aliphatic carbocycles. The fraction of sp³-hybridized carbons (Fsp3) is 0.125. The number of rotatable bonds is 9. The molecule has 0 aliphatic rings. The topological polar surface area (TPSA) is 77.3 Å². The number of benzene rings is 4. The minimum absolute atomic E-state index is 0.352. The molecule has 38 heavy (non-hydrogen) atoms. The van der Waals surface area contributed by atoms with Crippen LogP contribution in [0.4, 0.5) is 11.4 Å². The van der Waals surface area contributed by atoms with E-state index in [-0.39, 0.29) is 11.9 Å². The van der Waals surface area contributed by atoms with Crippen LogP contribution >= 0.6 is 0 Å². The van der Waals surface area contributed by atoms with E-state index in [9.17, 15) is 9.59 Å². The molecule has 0 radical (unpaired) electrons. The molecule has 0 unspecified atom stereocenters. The van der Waals surface area contributed by atoms with E-state index < -0.39 is 0 Å². The van der Waals surface area contributed by atoms with Gasteiger partial charge in [0, 0.05) is 12.4 Å². The Balaban J connectivity index is 1.27. The van der Waals surface area contributed by atoms with E-state index in [0.29, 0.717) is 11.1 Å². The van der Waals surface area contributed by atoms with Crippen LogP contribution < -0.4 is 0 Å². The Morgan fingerprint density at radius 2 is 0.895 bits per heavy atom. The van der Waals surface area contributed by atoms with E-state index in [4.69, 9.17) is 9.47 Å². The minimum Gasteiger partial charge on any atom is -0.465 e. The fourth-order valence-corrected chi connectivity index (χ4v) is 3.73. The van der Waals surface area contributed by atoms with Gasteiger partial charge in [0.2, 0.25) is 0 Å². The van der Waals surface area contributed by atoms with Gasteiger partial charge in [0.25, 0.3) is 0 Å². The smallest absolute Gasteiger partial charge is 0.337 e. The molecule has 190 valence electrons. The summed E-state index contributed by atoms with van der Waals surface area (Å²) in [6.45, 7) is 0. The molecule has 0 aromatic heterocycles. The summed E-state index contributed by atoms with van der Waals surface area (Å²) in [5.41, 5.74) is 7.06. The summed E-state index contributed by atoms with van der Waals surface area (Å²) in [7, 11) is 2.73. The van der Waals surface area contributed by atoms with Crippen molar-refractivity contribution >= 4 is 35.7 Å². The minimum atomic E-state index is -0.352. The van der Waals surface area contributed by atoms with Gasteiger partial charge in [0.15, 0.2) is 0 Å². The van der Waals surface area contributed by atoms with Crippen molar-refractivity contribution in [3.05, 3.63) is 130 Å². The average Bonchev–Trinajstić information content (AvgIpc) is 2.98. The van der Waals surface area contributed by atoms with Crippen molar-refractivity contribution in [2.24, 2.45) is 9.98 Å². The van der Waals surface area contributed by atoms with Gasteiger partial charge in [-0.1, -0.05) is 48.5 Å². The van der Waals surface area contributed by atoms with E-state index in [1.807, 2.05) is 48.5 Å². The van der Waals surface area contributed by atoms with E-state index in [1.54, 1.807) is 36.7 Å². The Morgan fingerprint density at radius 1 is 0.553 bits per heavy atom. The lowest BCUT2D eigenvalue weighted by molar-refractivity contribution is 0.0592. The first-order chi connectivity index (χ1) is 18.5. The number of methoxy groups -OCH3 is 2. The molecule has 4 rings (SSSR count). The lowest BCUT2D eigenvalue weighted by Crippen LogP contribution is -2.00. The molecule has 0 amide bonds. The summed E-state index contributed by atoms with van der Waals surface area (Å²) in [5, 5.41) is 0. The van der Waals surface area contributed by atoms with Crippen LogP contribution in [0.1, 0.15) is 43.0 Å². The Morgan fingerprint density at radius 3 is 1.21 bits per heavy atom. The zero-order valence-electron chi connectivity index (χ0n) is 21.3. The molecular weight excluding hydrogens is 476 g/mol. The molecule has 0 atom stereocenters. The number of ether oxygens (including phenoxy) is 2. The molecular formula is C32H28N2O4. The fourth-order valence-electron chi connectivity index (χ4n) is 3.73. The summed E-state index contributed by atoms with van der Waals surface area (Å²) in [6.07, 6.45) is 5.40. The van der Waals surface area contributed by atoms with E-state index in [1.165, 1.54) is 25.3 Å². The predicted molar refractivity (Wildman–Crippen MR) is 150 cm³/mol. The third-order valence-corrected chi connectivity index (χ3v) is 5.96. The summed E-state index contributed by atoms with van der Waals surface area (Å²) >= 11 is 0. The molecule has 0 spiro atoms. The van der Waals surface area contributed by atoms with Crippen LogP contribution in [0.5, 0.6) is 0 Å². The van der Waals surface area contributed by atoms with Crippen LogP contribution in [-0.2, 0) is 22.3 Å². The van der Waals surface area contributed by atoms with Crippen molar-refractivity contribution in [1.29, 1.82) is 0 Å². The number of carbonyl (C=O) groups is 2. The summed E-state index contributed by atoms with van der Waals surface area (Å²) in [4.78, 5) is 32.1. The first-order valence-corrected chi connectivity index (χ1v) is 12.2. The van der Waals surface area contributed by atoms with Crippen molar-refractivity contribution in [3.8, 4) is 0 Å². The Labute approximate surface area is 222 Å². The molecule has 0 saturated carbocycles. The number of esters is 2. The van der Waals surface area contributed by atoms with Crippen LogP contribution in [0.15, 0.2) is 107 Å². The Hall–Kier alpha value is -4.84. The first kappa shape index (κ1) is 26.2. The van der Waals surface area contributed by atoms with Crippen LogP contribution in [0.25, 0.3) is 0 Å². The second kappa shape index (κ2) is 12.9. The second-order valence-electron chi connectivity index (χ2n) is 8.58. The molecule has 0 heterocycles. The highest BCUT2D eigenvalue weighted by Gasteiger charge is 2.04. The standard InChI is InChI=1S/C32H28N2O4/c1-37-31(35)27-13-5-25(6-14-27)21-33-29-17-9-23(10-18-29)3-4-24-11-19-30(20-12-24)34-22-26-7-15-28(16-8-26)32(36)38-2/h5-22H,3-4H2,1-2H3. The molecule has 6 nitrogen and oxygen atoms in total. The van der Waals surface area contributed by atoms with Crippen molar-refractivity contribution < 1.29 is 19.1 Å². The normalized spacial score (nSPS) is 11.1. The van der Waals surface area contributed by atoms with E-state index in [2.05, 4.69) is 34.3 Å². The van der Waals surface area contributed by atoms with Crippen LogP contribution in [0, 0.1) is 0 Å². The molecule has 0 fully saturated rings. The summed E-state index contributed by atoms with van der Waals surface area (Å²) < 4.78 is 9.43. The molecule has 4 aromatic rings. The Bertz CT molecular complexity index is 1310. The Kier molecular flexibility index (Phi) is 8.92. The van der Waals surface area contributed by atoms with E-state index >= 15 is 0 Å². The van der Waals surface area contributed by atoms with E-state index in [0.717, 1.165) is 35.3 Å². The highest BCUT2D eigenvalue weighted by Crippen LogP contribution is 2.18. The molecule has 0 aliphatic heterocycles. The SMILES string of the molecule is COC(=O)c1ccc(C=Nc2ccc(CCc3ccc(N=Cc4ccc(C(=O)OC)cc4)cc3)cc2)cc1. The summed E-state index contributed by atoms with van der Waals surface area (Å²) in [5.74, 6) is -0.705.